The number of hydrogen-bond donors (Lipinski definition) is 3. The summed E-state index contributed by atoms with van der Waals surface area (Å²) < 4.78 is 5.45. The SMILES string of the molecule is CCC(=O)c1csc(NC(=O)[C@H]([C@@H](C)c2ccccc2)N2C(=O)N[C@H](c3ccc(C)c(C(N)=O)c3OC)C2=O)n1. The quantitative estimate of drug-likeness (QED) is 0.251. The van der Waals surface area contributed by atoms with Crippen LogP contribution in [-0.2, 0) is 9.59 Å². The summed E-state index contributed by atoms with van der Waals surface area (Å²) in [4.78, 5) is 70.2. The number of nitrogens with zero attached hydrogens (tertiary/aromatic N) is 2. The molecule has 11 nitrogen and oxygen atoms in total. The number of amides is 5. The number of nitrogens with one attached hydrogen (secondary N) is 2. The Kier molecular flexibility index (Phi) is 8.29. The number of thiazole rings is 1. The van der Waals surface area contributed by atoms with Gasteiger partial charge in [-0.2, -0.15) is 0 Å². The highest BCUT2D eigenvalue weighted by atomic mass is 32.1. The molecular weight excluding hydrogens is 534 g/mol. The summed E-state index contributed by atoms with van der Waals surface area (Å²) in [6, 6.07) is 8.88. The van der Waals surface area contributed by atoms with Gasteiger partial charge >= 0.3 is 6.03 Å². The second-order valence-corrected chi connectivity index (χ2v) is 10.1. The maximum absolute atomic E-state index is 13.9. The second kappa shape index (κ2) is 11.7. The van der Waals surface area contributed by atoms with Crippen molar-refractivity contribution in [1.29, 1.82) is 0 Å². The van der Waals surface area contributed by atoms with Gasteiger partial charge in [-0.3, -0.25) is 19.2 Å². The molecule has 3 aromatic rings. The number of carbonyl (C=O) groups is 5. The fraction of sp³-hybridized carbons (Fsp3) is 0.286. The fourth-order valence-electron chi connectivity index (χ4n) is 4.75. The highest BCUT2D eigenvalue weighted by Crippen LogP contribution is 2.37. The maximum atomic E-state index is 13.9. The van der Waals surface area contributed by atoms with Gasteiger partial charge in [0.25, 0.3) is 11.8 Å². The average Bonchev–Trinajstić information content (AvgIpc) is 3.52. The number of aromatic nitrogens is 1. The number of hydrogen-bond acceptors (Lipinski definition) is 8. The van der Waals surface area contributed by atoms with Gasteiger partial charge in [0, 0.05) is 23.3 Å². The van der Waals surface area contributed by atoms with Crippen molar-refractivity contribution >= 4 is 46.0 Å². The molecule has 1 fully saturated rings. The van der Waals surface area contributed by atoms with E-state index < -0.39 is 41.8 Å². The Labute approximate surface area is 234 Å². The van der Waals surface area contributed by atoms with Gasteiger partial charge in [0.2, 0.25) is 5.91 Å². The smallest absolute Gasteiger partial charge is 0.325 e. The summed E-state index contributed by atoms with van der Waals surface area (Å²) in [6.07, 6.45) is 0.258. The zero-order chi connectivity index (χ0) is 29.1. The number of aryl methyl sites for hydroxylation is 1. The zero-order valence-electron chi connectivity index (χ0n) is 22.4. The first kappa shape index (κ1) is 28.4. The van der Waals surface area contributed by atoms with Crippen LogP contribution in [0.15, 0.2) is 47.8 Å². The number of ether oxygens (including phenoxy) is 1. The summed E-state index contributed by atoms with van der Waals surface area (Å²) in [6.45, 7) is 5.12. The fourth-order valence-corrected chi connectivity index (χ4v) is 5.46. The number of Topliss-reactive ketones (excluding diaryl/α,β-unsaturated/α-hetero) is 1. The minimum absolute atomic E-state index is 0.0704. The van der Waals surface area contributed by atoms with Gasteiger partial charge in [0.1, 0.15) is 23.5 Å². The standard InChI is InChI=1S/C28H29N5O6S/c1-5-19(34)18-13-40-27(30-18)32-25(36)22(15(3)16-9-7-6-8-10-16)33-26(37)21(31-28(33)38)17-12-11-14(2)20(24(29)35)23(17)39-4/h6-13,15,21-22H,5H2,1-4H3,(H2,29,35)(H,31,38)(H,30,32,36)/t15-,21+,22-/m0/s1. The van der Waals surface area contributed by atoms with Crippen molar-refractivity contribution in [1.82, 2.24) is 15.2 Å². The minimum atomic E-state index is -1.28. The number of benzene rings is 2. The van der Waals surface area contributed by atoms with E-state index in [9.17, 15) is 24.0 Å². The molecule has 0 radical (unpaired) electrons. The lowest BCUT2D eigenvalue weighted by molar-refractivity contribution is -0.134. The van der Waals surface area contributed by atoms with E-state index in [0.29, 0.717) is 5.56 Å². The van der Waals surface area contributed by atoms with Crippen molar-refractivity contribution in [2.45, 2.75) is 45.2 Å². The maximum Gasteiger partial charge on any atom is 0.325 e. The molecule has 0 spiro atoms. The molecule has 3 atom stereocenters. The lowest BCUT2D eigenvalue weighted by Crippen LogP contribution is -2.50. The van der Waals surface area contributed by atoms with Gasteiger partial charge in [0.15, 0.2) is 10.9 Å². The molecule has 4 rings (SSSR count). The Hall–Kier alpha value is -4.58. The van der Waals surface area contributed by atoms with Crippen LogP contribution in [0.4, 0.5) is 9.93 Å². The molecule has 0 bridgehead atoms. The van der Waals surface area contributed by atoms with E-state index in [4.69, 9.17) is 10.5 Å². The summed E-state index contributed by atoms with van der Waals surface area (Å²) in [5, 5.41) is 7.02. The van der Waals surface area contributed by atoms with E-state index in [-0.39, 0.29) is 39.9 Å². The van der Waals surface area contributed by atoms with Crippen LogP contribution in [-0.4, -0.2) is 52.6 Å². The van der Waals surface area contributed by atoms with Crippen molar-refractivity contribution in [3.8, 4) is 5.75 Å². The van der Waals surface area contributed by atoms with Gasteiger partial charge in [-0.05, 0) is 18.1 Å². The average molecular weight is 564 g/mol. The number of carbonyl (C=O) groups excluding carboxylic acids is 5. The molecule has 1 aliphatic heterocycles. The molecule has 1 aliphatic rings. The molecule has 208 valence electrons. The van der Waals surface area contributed by atoms with Gasteiger partial charge in [-0.15, -0.1) is 11.3 Å². The van der Waals surface area contributed by atoms with Gasteiger partial charge < -0.3 is 21.1 Å². The van der Waals surface area contributed by atoms with Crippen molar-refractivity contribution in [2.75, 3.05) is 12.4 Å². The predicted molar refractivity (Wildman–Crippen MR) is 148 cm³/mol. The van der Waals surface area contributed by atoms with E-state index in [0.717, 1.165) is 21.8 Å². The Morgan fingerprint density at radius 2 is 1.88 bits per heavy atom. The molecule has 12 heteroatoms. The predicted octanol–water partition coefficient (Wildman–Crippen LogP) is 3.56. The summed E-state index contributed by atoms with van der Waals surface area (Å²) in [7, 11) is 1.34. The molecule has 4 N–H and O–H groups in total. The van der Waals surface area contributed by atoms with Crippen molar-refractivity contribution < 1.29 is 28.7 Å². The third-order valence-electron chi connectivity index (χ3n) is 6.82. The molecular formula is C28H29N5O6S. The van der Waals surface area contributed by atoms with E-state index in [1.807, 2.05) is 6.07 Å². The molecule has 2 aromatic carbocycles. The highest BCUT2D eigenvalue weighted by molar-refractivity contribution is 7.14. The number of anilines is 1. The van der Waals surface area contributed by atoms with Crippen LogP contribution < -0.4 is 21.1 Å². The Balaban J connectivity index is 1.73. The number of primary amides is 1. The topological polar surface area (TPSA) is 161 Å². The lowest BCUT2D eigenvalue weighted by Gasteiger charge is -2.29. The number of methoxy groups -OCH3 is 1. The van der Waals surface area contributed by atoms with Crippen LogP contribution in [0.3, 0.4) is 0 Å². The Morgan fingerprint density at radius 1 is 1.18 bits per heavy atom. The van der Waals surface area contributed by atoms with E-state index in [2.05, 4.69) is 15.6 Å². The molecule has 1 saturated heterocycles. The van der Waals surface area contributed by atoms with Crippen LogP contribution >= 0.6 is 11.3 Å². The van der Waals surface area contributed by atoms with Crippen LogP contribution in [0.1, 0.15) is 69.8 Å². The normalized spacial score (nSPS) is 16.3. The van der Waals surface area contributed by atoms with E-state index in [1.165, 1.54) is 7.11 Å². The molecule has 0 saturated carbocycles. The van der Waals surface area contributed by atoms with E-state index >= 15 is 0 Å². The monoisotopic (exact) mass is 563 g/mol. The lowest BCUT2D eigenvalue weighted by atomic mass is 9.91. The van der Waals surface area contributed by atoms with Crippen molar-refractivity contribution in [3.05, 3.63) is 75.8 Å². The molecule has 5 amide bonds. The first-order valence-electron chi connectivity index (χ1n) is 12.5. The largest absolute Gasteiger partial charge is 0.496 e. The molecule has 0 aliphatic carbocycles. The third-order valence-corrected chi connectivity index (χ3v) is 7.57. The minimum Gasteiger partial charge on any atom is -0.496 e. The molecule has 0 unspecified atom stereocenters. The number of imide groups is 1. The molecule has 1 aromatic heterocycles. The van der Waals surface area contributed by atoms with Crippen LogP contribution in [0, 0.1) is 6.92 Å². The number of rotatable bonds is 10. The number of ketones is 1. The molecule has 2 heterocycles. The van der Waals surface area contributed by atoms with Gasteiger partial charge in [-0.25, -0.2) is 14.7 Å². The van der Waals surface area contributed by atoms with Gasteiger partial charge in [0.05, 0.1) is 12.7 Å². The van der Waals surface area contributed by atoms with Crippen LogP contribution in [0.25, 0.3) is 0 Å². The zero-order valence-corrected chi connectivity index (χ0v) is 23.2. The van der Waals surface area contributed by atoms with Crippen LogP contribution in [0.5, 0.6) is 5.75 Å². The van der Waals surface area contributed by atoms with Gasteiger partial charge in [-0.1, -0.05) is 56.3 Å². The van der Waals surface area contributed by atoms with Crippen molar-refractivity contribution in [2.24, 2.45) is 5.73 Å². The Morgan fingerprint density at radius 3 is 2.50 bits per heavy atom. The summed E-state index contributed by atoms with van der Waals surface area (Å²) in [5.41, 5.74) is 7.37. The third kappa shape index (κ3) is 5.30. The number of nitrogens with two attached hydrogens (primary N) is 1. The van der Waals surface area contributed by atoms with Crippen molar-refractivity contribution in [3.63, 3.8) is 0 Å². The van der Waals surface area contributed by atoms with E-state index in [1.54, 1.807) is 62.5 Å². The Bertz CT molecular complexity index is 1490. The first-order chi connectivity index (χ1) is 19.1. The summed E-state index contributed by atoms with van der Waals surface area (Å²) >= 11 is 1.07. The highest BCUT2D eigenvalue weighted by Gasteiger charge is 2.48. The van der Waals surface area contributed by atoms with Crippen LogP contribution in [0.2, 0.25) is 0 Å². The summed E-state index contributed by atoms with van der Waals surface area (Å²) in [5.74, 6) is -2.83. The second-order valence-electron chi connectivity index (χ2n) is 9.28. The number of urea groups is 1. The first-order valence-corrected chi connectivity index (χ1v) is 13.4. The molecule has 40 heavy (non-hydrogen) atoms.